The lowest BCUT2D eigenvalue weighted by atomic mass is 10.3. The minimum absolute atomic E-state index is 0.578. The van der Waals surface area contributed by atoms with Gasteiger partial charge in [-0.15, -0.1) is 11.6 Å². The number of rotatable bonds is 3. The van der Waals surface area contributed by atoms with Crippen molar-refractivity contribution in [3.8, 4) is 5.69 Å². The zero-order valence-electron chi connectivity index (χ0n) is 9.44. The van der Waals surface area contributed by atoms with Gasteiger partial charge in [-0.1, -0.05) is 15.9 Å². The first-order valence-corrected chi connectivity index (χ1v) is 7.82. The maximum absolute atomic E-state index is 5.87. The maximum atomic E-state index is 5.87. The summed E-state index contributed by atoms with van der Waals surface area (Å²) < 4.78 is 3.24. The Hall–Kier alpha value is -0.840. The van der Waals surface area contributed by atoms with E-state index in [1.54, 1.807) is 11.3 Å². The monoisotopic (exact) mass is 340 g/mol. The molecule has 3 aromatic rings. The third-order valence-electron chi connectivity index (χ3n) is 2.77. The molecule has 0 N–H and O–H groups in total. The van der Waals surface area contributed by atoms with Crippen LogP contribution in [0.2, 0.25) is 0 Å². The molecule has 0 unspecified atom stereocenters. The SMILES string of the molecule is ClCCc1nc2ccc(Br)cc2n1-c1ccsc1. The standard InChI is InChI=1S/C13H10BrClN2S/c14-9-1-2-11-12(7-9)17(10-4-6-18-8-10)13(16-11)3-5-15/h1-2,4,6-8H,3,5H2. The molecular weight excluding hydrogens is 332 g/mol. The van der Waals surface area contributed by atoms with Crippen LogP contribution in [0, 0.1) is 0 Å². The summed E-state index contributed by atoms with van der Waals surface area (Å²) in [5.41, 5.74) is 3.27. The Morgan fingerprint density at radius 2 is 2.22 bits per heavy atom. The molecule has 0 aliphatic heterocycles. The lowest BCUT2D eigenvalue weighted by Crippen LogP contribution is -2.00. The molecule has 2 aromatic heterocycles. The van der Waals surface area contributed by atoms with Gasteiger partial charge < -0.3 is 0 Å². The Morgan fingerprint density at radius 3 is 2.94 bits per heavy atom. The van der Waals surface area contributed by atoms with Gasteiger partial charge >= 0.3 is 0 Å². The first-order valence-electron chi connectivity index (χ1n) is 5.55. The van der Waals surface area contributed by atoms with E-state index in [0.717, 1.165) is 33.4 Å². The number of nitrogens with zero attached hydrogens (tertiary/aromatic N) is 2. The molecule has 0 aliphatic rings. The molecule has 0 spiro atoms. The van der Waals surface area contributed by atoms with Gasteiger partial charge in [0.1, 0.15) is 5.82 Å². The Labute approximate surface area is 122 Å². The summed E-state index contributed by atoms with van der Waals surface area (Å²) in [7, 11) is 0. The van der Waals surface area contributed by atoms with Gasteiger partial charge in [0.25, 0.3) is 0 Å². The summed E-state index contributed by atoms with van der Waals surface area (Å²) in [5.74, 6) is 1.59. The molecular formula is C13H10BrClN2S. The van der Waals surface area contributed by atoms with E-state index in [0.29, 0.717) is 5.88 Å². The number of aromatic nitrogens is 2. The Kier molecular flexibility index (Phi) is 3.41. The number of fused-ring (bicyclic) bond motifs is 1. The van der Waals surface area contributed by atoms with Crippen molar-refractivity contribution in [2.45, 2.75) is 6.42 Å². The van der Waals surface area contributed by atoms with Crippen LogP contribution in [0.5, 0.6) is 0 Å². The summed E-state index contributed by atoms with van der Waals surface area (Å²) in [6.45, 7) is 0. The number of alkyl halides is 1. The fourth-order valence-corrected chi connectivity index (χ4v) is 3.16. The molecule has 0 saturated heterocycles. The number of halogens is 2. The van der Waals surface area contributed by atoms with E-state index in [1.807, 2.05) is 12.1 Å². The molecule has 0 atom stereocenters. The predicted molar refractivity (Wildman–Crippen MR) is 81.1 cm³/mol. The summed E-state index contributed by atoms with van der Waals surface area (Å²) in [6, 6.07) is 8.24. The number of hydrogen-bond donors (Lipinski definition) is 0. The summed E-state index contributed by atoms with van der Waals surface area (Å²) >= 11 is 11.1. The van der Waals surface area contributed by atoms with Crippen LogP contribution in [-0.2, 0) is 6.42 Å². The molecule has 2 heterocycles. The summed E-state index contributed by atoms with van der Waals surface area (Å²) in [6.07, 6.45) is 0.768. The molecule has 3 rings (SSSR count). The van der Waals surface area contributed by atoms with Crippen LogP contribution in [0.4, 0.5) is 0 Å². The van der Waals surface area contributed by atoms with E-state index in [9.17, 15) is 0 Å². The number of benzene rings is 1. The van der Waals surface area contributed by atoms with Crippen LogP contribution in [0.15, 0.2) is 39.5 Å². The van der Waals surface area contributed by atoms with E-state index in [1.165, 1.54) is 0 Å². The van der Waals surface area contributed by atoms with Gasteiger partial charge in [-0.25, -0.2) is 4.98 Å². The van der Waals surface area contributed by atoms with Crippen molar-refractivity contribution in [3.05, 3.63) is 45.3 Å². The quantitative estimate of drug-likeness (QED) is 0.635. The predicted octanol–water partition coefficient (Wildman–Crippen LogP) is 4.63. The largest absolute Gasteiger partial charge is 0.295 e. The van der Waals surface area contributed by atoms with Gasteiger partial charge in [-0.05, 0) is 29.6 Å². The molecule has 0 radical (unpaired) electrons. The van der Waals surface area contributed by atoms with E-state index >= 15 is 0 Å². The molecule has 0 amide bonds. The van der Waals surface area contributed by atoms with Gasteiger partial charge in [0.2, 0.25) is 0 Å². The lowest BCUT2D eigenvalue weighted by molar-refractivity contribution is 0.915. The second-order valence-corrected chi connectivity index (χ2v) is 5.99. The van der Waals surface area contributed by atoms with Gasteiger partial charge in [0.05, 0.1) is 16.7 Å². The Bertz CT molecular complexity index is 676. The van der Waals surface area contributed by atoms with Crippen molar-refractivity contribution in [2.24, 2.45) is 0 Å². The summed E-state index contributed by atoms with van der Waals surface area (Å²) in [4.78, 5) is 4.66. The van der Waals surface area contributed by atoms with Crippen LogP contribution in [0.3, 0.4) is 0 Å². The molecule has 2 nitrogen and oxygen atoms in total. The second-order valence-electron chi connectivity index (χ2n) is 3.92. The van der Waals surface area contributed by atoms with E-state index in [4.69, 9.17) is 11.6 Å². The van der Waals surface area contributed by atoms with Crippen LogP contribution < -0.4 is 0 Å². The van der Waals surface area contributed by atoms with E-state index in [-0.39, 0.29) is 0 Å². The van der Waals surface area contributed by atoms with Gasteiger partial charge in [-0.2, -0.15) is 11.3 Å². The highest BCUT2D eigenvalue weighted by atomic mass is 79.9. The third kappa shape index (κ3) is 2.09. The molecule has 0 aliphatic carbocycles. The highest BCUT2D eigenvalue weighted by Gasteiger charge is 2.12. The number of imidazole rings is 1. The van der Waals surface area contributed by atoms with E-state index < -0.39 is 0 Å². The highest BCUT2D eigenvalue weighted by molar-refractivity contribution is 9.10. The number of thiophene rings is 1. The van der Waals surface area contributed by atoms with Crippen molar-refractivity contribution in [2.75, 3.05) is 5.88 Å². The molecule has 1 aromatic carbocycles. The highest BCUT2D eigenvalue weighted by Crippen LogP contribution is 2.26. The Balaban J connectivity index is 2.30. The van der Waals surface area contributed by atoms with E-state index in [2.05, 4.69) is 48.4 Å². The van der Waals surface area contributed by atoms with Gasteiger partial charge in [0, 0.05) is 22.2 Å². The normalized spacial score (nSPS) is 11.2. The first kappa shape index (κ1) is 12.2. The van der Waals surface area contributed by atoms with Gasteiger partial charge in [-0.3, -0.25) is 4.57 Å². The topological polar surface area (TPSA) is 17.8 Å². The zero-order chi connectivity index (χ0) is 12.5. The minimum Gasteiger partial charge on any atom is -0.295 e. The average Bonchev–Trinajstić information content (AvgIpc) is 2.95. The third-order valence-corrected chi connectivity index (χ3v) is 4.12. The fourth-order valence-electron chi connectivity index (χ4n) is 2.02. The van der Waals surface area contributed by atoms with Gasteiger partial charge in [0.15, 0.2) is 0 Å². The fraction of sp³-hybridized carbons (Fsp3) is 0.154. The average molecular weight is 342 g/mol. The zero-order valence-corrected chi connectivity index (χ0v) is 12.6. The van der Waals surface area contributed by atoms with Crippen LogP contribution in [-0.4, -0.2) is 15.4 Å². The van der Waals surface area contributed by atoms with Crippen LogP contribution in [0.1, 0.15) is 5.82 Å². The second kappa shape index (κ2) is 5.03. The van der Waals surface area contributed by atoms with Crippen molar-refractivity contribution >= 4 is 49.9 Å². The molecule has 0 fully saturated rings. The Morgan fingerprint density at radius 1 is 1.33 bits per heavy atom. The van der Waals surface area contributed by atoms with Crippen molar-refractivity contribution in [1.29, 1.82) is 0 Å². The number of hydrogen-bond acceptors (Lipinski definition) is 2. The van der Waals surface area contributed by atoms with Crippen molar-refractivity contribution in [1.82, 2.24) is 9.55 Å². The summed E-state index contributed by atoms with van der Waals surface area (Å²) in [5, 5.41) is 4.20. The van der Waals surface area contributed by atoms with Crippen molar-refractivity contribution in [3.63, 3.8) is 0 Å². The minimum atomic E-state index is 0.578. The van der Waals surface area contributed by atoms with Crippen LogP contribution >= 0.6 is 38.9 Å². The molecule has 92 valence electrons. The number of aryl methyl sites for hydroxylation is 1. The lowest BCUT2D eigenvalue weighted by Gasteiger charge is -2.05. The first-order chi connectivity index (χ1) is 8.79. The molecule has 5 heteroatoms. The maximum Gasteiger partial charge on any atom is 0.115 e. The molecule has 0 bridgehead atoms. The molecule has 18 heavy (non-hydrogen) atoms. The molecule has 0 saturated carbocycles. The van der Waals surface area contributed by atoms with Crippen LogP contribution in [0.25, 0.3) is 16.7 Å². The van der Waals surface area contributed by atoms with Crippen molar-refractivity contribution < 1.29 is 0 Å². The smallest absolute Gasteiger partial charge is 0.115 e.